The molecule has 0 aliphatic heterocycles. The fourth-order valence-electron chi connectivity index (χ4n) is 2.43. The molecule has 3 rings (SSSR count). The van der Waals surface area contributed by atoms with Crippen molar-refractivity contribution in [2.75, 3.05) is 5.32 Å². The number of pyridine rings is 1. The summed E-state index contributed by atoms with van der Waals surface area (Å²) < 4.78 is 2.70. The first-order chi connectivity index (χ1) is 11.0. The van der Waals surface area contributed by atoms with E-state index in [2.05, 4.69) is 45.2 Å². The van der Waals surface area contributed by atoms with Crippen LogP contribution in [0.4, 0.5) is 5.69 Å². The van der Waals surface area contributed by atoms with E-state index >= 15 is 0 Å². The van der Waals surface area contributed by atoms with Crippen LogP contribution in [0.25, 0.3) is 11.0 Å². The Morgan fingerprint density at radius 3 is 2.74 bits per heavy atom. The van der Waals surface area contributed by atoms with Crippen molar-refractivity contribution in [3.8, 4) is 0 Å². The summed E-state index contributed by atoms with van der Waals surface area (Å²) in [6, 6.07) is 9.58. The summed E-state index contributed by atoms with van der Waals surface area (Å²) in [6.07, 6.45) is 1.75. The number of anilines is 1. The third kappa shape index (κ3) is 2.99. The van der Waals surface area contributed by atoms with Crippen LogP contribution < -0.4 is 5.32 Å². The molecule has 0 radical (unpaired) electrons. The predicted molar refractivity (Wildman–Crippen MR) is 94.7 cm³/mol. The number of fused-ring (bicyclic) bond motifs is 1. The fraction of sp³-hybridized carbons (Fsp3) is 0.235. The topological polar surface area (TPSA) is 59.8 Å². The number of hydrogen-bond acceptors (Lipinski definition) is 3. The molecule has 0 bridgehead atoms. The van der Waals surface area contributed by atoms with Gasteiger partial charge in [0.1, 0.15) is 0 Å². The third-order valence-electron chi connectivity index (χ3n) is 3.62. The number of halogens is 1. The first-order valence-corrected chi connectivity index (χ1v) is 8.17. The summed E-state index contributed by atoms with van der Waals surface area (Å²) in [6.45, 7) is 5.94. The van der Waals surface area contributed by atoms with Crippen molar-refractivity contribution in [2.45, 2.75) is 26.8 Å². The number of nitrogens with one attached hydrogen (secondary N) is 1. The van der Waals surface area contributed by atoms with E-state index in [1.807, 2.05) is 41.9 Å². The fourth-order valence-corrected chi connectivity index (χ4v) is 2.81. The zero-order valence-electron chi connectivity index (χ0n) is 13.2. The molecule has 23 heavy (non-hydrogen) atoms. The molecule has 0 fully saturated rings. The first kappa shape index (κ1) is 15.7. The molecule has 0 unspecified atom stereocenters. The summed E-state index contributed by atoms with van der Waals surface area (Å²) in [5.41, 5.74) is 2.77. The molecule has 3 aromatic rings. The molecule has 0 saturated carbocycles. The summed E-state index contributed by atoms with van der Waals surface area (Å²) in [4.78, 5) is 17.1. The highest BCUT2D eigenvalue weighted by atomic mass is 79.9. The van der Waals surface area contributed by atoms with E-state index in [0.717, 1.165) is 21.2 Å². The molecule has 2 aromatic heterocycles. The van der Waals surface area contributed by atoms with E-state index in [1.165, 1.54) is 0 Å². The van der Waals surface area contributed by atoms with Gasteiger partial charge in [0.05, 0.1) is 23.1 Å². The number of rotatable bonds is 3. The molecular weight excluding hydrogens is 356 g/mol. The van der Waals surface area contributed by atoms with Crippen molar-refractivity contribution < 1.29 is 4.79 Å². The second-order valence-electron chi connectivity index (χ2n) is 5.65. The molecule has 1 N–H and O–H groups in total. The summed E-state index contributed by atoms with van der Waals surface area (Å²) >= 11 is 3.43. The highest BCUT2D eigenvalue weighted by Crippen LogP contribution is 2.24. The lowest BCUT2D eigenvalue weighted by atomic mass is 10.1. The normalized spacial score (nSPS) is 11.2. The molecule has 0 aliphatic carbocycles. The largest absolute Gasteiger partial charge is 0.321 e. The zero-order valence-corrected chi connectivity index (χ0v) is 14.8. The lowest BCUT2D eigenvalue weighted by Gasteiger charge is -2.10. The van der Waals surface area contributed by atoms with Crippen molar-refractivity contribution >= 4 is 38.6 Å². The molecule has 5 nitrogen and oxygen atoms in total. The molecule has 0 saturated heterocycles. The Morgan fingerprint density at radius 2 is 2.04 bits per heavy atom. The minimum Gasteiger partial charge on any atom is -0.321 e. The lowest BCUT2D eigenvalue weighted by Crippen LogP contribution is -2.15. The number of benzene rings is 1. The minimum absolute atomic E-state index is 0.180. The van der Waals surface area contributed by atoms with Gasteiger partial charge in [-0.2, -0.15) is 5.10 Å². The van der Waals surface area contributed by atoms with Crippen LogP contribution in [-0.4, -0.2) is 20.7 Å². The van der Waals surface area contributed by atoms with Gasteiger partial charge in [-0.3, -0.25) is 4.79 Å². The maximum Gasteiger partial charge on any atom is 0.257 e. The molecule has 1 aromatic carbocycles. The molecular formula is C17H17BrN4O. The summed E-state index contributed by atoms with van der Waals surface area (Å²) in [5.74, 6) is -0.180. The maximum atomic E-state index is 12.6. The molecule has 0 spiro atoms. The van der Waals surface area contributed by atoms with Crippen LogP contribution in [0.15, 0.2) is 41.0 Å². The van der Waals surface area contributed by atoms with Crippen molar-refractivity contribution in [1.29, 1.82) is 0 Å². The van der Waals surface area contributed by atoms with Gasteiger partial charge >= 0.3 is 0 Å². The summed E-state index contributed by atoms with van der Waals surface area (Å²) in [5, 5.41) is 8.12. The average Bonchev–Trinajstić information content (AvgIpc) is 2.91. The predicted octanol–water partition coefficient (Wildman–Crippen LogP) is 4.34. The highest BCUT2D eigenvalue weighted by Gasteiger charge is 2.16. The number of para-hydroxylation sites is 1. The van der Waals surface area contributed by atoms with E-state index in [1.54, 1.807) is 6.20 Å². The van der Waals surface area contributed by atoms with Crippen molar-refractivity contribution in [3.05, 3.63) is 52.3 Å². The Balaban J connectivity index is 1.98. The van der Waals surface area contributed by atoms with E-state index in [0.29, 0.717) is 11.3 Å². The van der Waals surface area contributed by atoms with Crippen LogP contribution in [0.3, 0.4) is 0 Å². The Hall–Kier alpha value is -2.21. The minimum atomic E-state index is -0.180. The smallest absolute Gasteiger partial charge is 0.257 e. The monoisotopic (exact) mass is 372 g/mol. The number of aryl methyl sites for hydroxylation is 1. The molecule has 2 heterocycles. The summed E-state index contributed by atoms with van der Waals surface area (Å²) in [7, 11) is 0. The van der Waals surface area contributed by atoms with Crippen LogP contribution >= 0.6 is 15.9 Å². The number of nitrogens with zero attached hydrogens (tertiary/aromatic N) is 3. The van der Waals surface area contributed by atoms with Crippen molar-refractivity contribution in [1.82, 2.24) is 14.8 Å². The van der Waals surface area contributed by atoms with Gasteiger partial charge in [-0.15, -0.1) is 0 Å². The van der Waals surface area contributed by atoms with Gasteiger partial charge in [0, 0.05) is 15.9 Å². The number of carbonyl (C=O) groups excluding carboxylic acids is 1. The van der Waals surface area contributed by atoms with Crippen molar-refractivity contribution in [2.24, 2.45) is 0 Å². The molecule has 0 aliphatic rings. The van der Waals surface area contributed by atoms with E-state index in [-0.39, 0.29) is 11.9 Å². The van der Waals surface area contributed by atoms with Gasteiger partial charge in [0.25, 0.3) is 5.91 Å². The van der Waals surface area contributed by atoms with Crippen LogP contribution in [-0.2, 0) is 0 Å². The molecule has 0 atom stereocenters. The van der Waals surface area contributed by atoms with Crippen LogP contribution in [0.5, 0.6) is 0 Å². The Kier molecular flexibility index (Phi) is 4.17. The zero-order chi connectivity index (χ0) is 16.6. The van der Waals surface area contributed by atoms with E-state index in [9.17, 15) is 4.79 Å². The van der Waals surface area contributed by atoms with Crippen LogP contribution in [0.1, 0.15) is 35.9 Å². The second-order valence-corrected chi connectivity index (χ2v) is 6.51. The van der Waals surface area contributed by atoms with Gasteiger partial charge in [0.2, 0.25) is 0 Å². The second kappa shape index (κ2) is 6.12. The maximum absolute atomic E-state index is 12.6. The SMILES string of the molecule is Cc1nc2c(cnn2C(C)C)cc1C(=O)Nc1ccccc1Br. The average molecular weight is 373 g/mol. The lowest BCUT2D eigenvalue weighted by molar-refractivity contribution is 0.102. The van der Waals surface area contributed by atoms with Gasteiger partial charge in [-0.05, 0) is 54.9 Å². The van der Waals surface area contributed by atoms with Gasteiger partial charge in [0.15, 0.2) is 5.65 Å². The Bertz CT molecular complexity index is 885. The number of hydrogen-bond donors (Lipinski definition) is 1. The third-order valence-corrected chi connectivity index (χ3v) is 4.31. The standard InChI is InChI=1S/C17H17BrN4O/c1-10(2)22-16-12(9-19-22)8-13(11(3)20-16)17(23)21-15-7-5-4-6-14(15)18/h4-10H,1-3H3,(H,21,23). The van der Waals surface area contributed by atoms with Crippen molar-refractivity contribution in [3.63, 3.8) is 0 Å². The number of aromatic nitrogens is 3. The molecule has 6 heteroatoms. The van der Waals surface area contributed by atoms with E-state index in [4.69, 9.17) is 0 Å². The molecule has 1 amide bonds. The van der Waals surface area contributed by atoms with Gasteiger partial charge in [-0.1, -0.05) is 12.1 Å². The number of amides is 1. The number of carbonyl (C=O) groups is 1. The Labute approximate surface area is 142 Å². The quantitative estimate of drug-likeness (QED) is 0.743. The first-order valence-electron chi connectivity index (χ1n) is 7.38. The van der Waals surface area contributed by atoms with Crippen LogP contribution in [0.2, 0.25) is 0 Å². The van der Waals surface area contributed by atoms with Gasteiger partial charge in [-0.25, -0.2) is 9.67 Å². The van der Waals surface area contributed by atoms with Gasteiger partial charge < -0.3 is 5.32 Å². The van der Waals surface area contributed by atoms with E-state index < -0.39 is 0 Å². The Morgan fingerprint density at radius 1 is 1.30 bits per heavy atom. The molecule has 118 valence electrons. The van der Waals surface area contributed by atoms with Crippen LogP contribution in [0, 0.1) is 6.92 Å². The highest BCUT2D eigenvalue weighted by molar-refractivity contribution is 9.10.